The van der Waals surface area contributed by atoms with Crippen LogP contribution in [-0.2, 0) is 18.6 Å². The van der Waals surface area contributed by atoms with Gasteiger partial charge in [-0.2, -0.15) is 0 Å². The fourth-order valence-corrected chi connectivity index (χ4v) is 2.89. The first-order chi connectivity index (χ1) is 13.0. The summed E-state index contributed by atoms with van der Waals surface area (Å²) in [6.07, 6.45) is -11.0. The topological polar surface area (TPSA) is 218 Å². The normalized spacial score (nSPS) is 27.8. The third-order valence-corrected chi connectivity index (χ3v) is 4.16. The van der Waals surface area contributed by atoms with Crippen molar-refractivity contribution in [3.05, 3.63) is 29.8 Å². The average molecular weight is 421 g/mol. The zero-order chi connectivity index (χ0) is 21.1. The number of phosphoric ester groups is 1. The molecule has 1 saturated heterocycles. The summed E-state index contributed by atoms with van der Waals surface area (Å²) < 4.78 is 24.9. The monoisotopic (exact) mass is 421 g/mol. The number of amides is 1. The molecule has 14 heteroatoms. The minimum atomic E-state index is -5.68. The van der Waals surface area contributed by atoms with Gasteiger partial charge in [0, 0.05) is 0 Å². The van der Waals surface area contributed by atoms with Crippen LogP contribution in [0.2, 0.25) is 0 Å². The highest BCUT2D eigenvalue weighted by molar-refractivity contribution is 7.43. The van der Waals surface area contributed by atoms with Gasteiger partial charge in [-0.1, -0.05) is 12.1 Å². The molecule has 0 aliphatic carbocycles. The highest BCUT2D eigenvalue weighted by Crippen LogP contribution is 2.35. The van der Waals surface area contributed by atoms with Crippen molar-refractivity contribution in [1.29, 1.82) is 0 Å². The molecule has 5 N–H and O–H groups in total. The number of rotatable bonds is 6. The van der Waals surface area contributed by atoms with Gasteiger partial charge >= 0.3 is 12.1 Å². The first kappa shape index (κ1) is 22.2. The lowest BCUT2D eigenvalue weighted by molar-refractivity contribution is -0.368. The van der Waals surface area contributed by atoms with E-state index in [4.69, 9.17) is 19.7 Å². The lowest BCUT2D eigenvalue weighted by Gasteiger charge is -2.44. The molecular formula is C14H16NO12P-2. The number of esters is 1. The van der Waals surface area contributed by atoms with Gasteiger partial charge in [-0.3, -0.25) is 5.32 Å². The van der Waals surface area contributed by atoms with Gasteiger partial charge in [-0.25, -0.2) is 9.59 Å². The summed E-state index contributed by atoms with van der Waals surface area (Å²) >= 11 is 0. The zero-order valence-corrected chi connectivity index (χ0v) is 14.8. The average Bonchev–Trinajstić information content (AvgIpc) is 2.59. The highest BCUT2D eigenvalue weighted by atomic mass is 31.2. The molecule has 28 heavy (non-hydrogen) atoms. The van der Waals surface area contributed by atoms with Gasteiger partial charge in [-0.15, -0.1) is 0 Å². The Kier molecular flexibility index (Phi) is 7.09. The molecule has 1 aliphatic heterocycles. The standard InChI is InChI=1S/C14H18NO12P/c16-5-8-9(17)10(18)11(13(25-8)27-28(22,23)24)26-12(19)6-3-1-2-4-7(6)15-14(20)21/h1-4,8-11,13,15-18H,5H2,(H,20,21)(H2,22,23,24)/p-2/t8-,9-,10+,11-,13-/m1/s1. The number of ether oxygens (including phenoxy) is 2. The second kappa shape index (κ2) is 8.94. The maximum absolute atomic E-state index is 12.4. The number of phosphoric acid groups is 1. The van der Waals surface area contributed by atoms with Gasteiger partial charge in [0.2, 0.25) is 6.29 Å². The Morgan fingerprint density at radius 1 is 1.21 bits per heavy atom. The lowest BCUT2D eigenvalue weighted by atomic mass is 9.99. The number of anilines is 1. The summed E-state index contributed by atoms with van der Waals surface area (Å²) in [5.74, 6) is -1.24. The maximum Gasteiger partial charge on any atom is 0.409 e. The molecule has 2 rings (SSSR count). The van der Waals surface area contributed by atoms with E-state index >= 15 is 0 Å². The SMILES string of the molecule is O=C(O)Nc1ccccc1C(=O)O[C@H]1[C@@H](OP(=O)([O-])[O-])O[C@H](CO)[C@@H](O)[C@@H]1O. The van der Waals surface area contributed by atoms with E-state index in [0.717, 1.165) is 0 Å². The Bertz CT molecular complexity index is 766. The fraction of sp³-hybridized carbons (Fsp3) is 0.429. The number of carbonyl (C=O) groups is 2. The Morgan fingerprint density at radius 3 is 2.43 bits per heavy atom. The quantitative estimate of drug-likeness (QED) is 0.239. The molecule has 1 amide bonds. The van der Waals surface area contributed by atoms with Crippen molar-refractivity contribution >= 4 is 25.6 Å². The molecule has 0 unspecified atom stereocenters. The molecule has 1 aromatic rings. The molecule has 1 aromatic carbocycles. The van der Waals surface area contributed by atoms with E-state index in [9.17, 15) is 34.2 Å². The predicted octanol–water partition coefficient (Wildman–Crippen LogP) is -2.41. The van der Waals surface area contributed by atoms with Gasteiger partial charge in [0.1, 0.15) is 18.3 Å². The molecule has 0 bridgehead atoms. The summed E-state index contributed by atoms with van der Waals surface area (Å²) in [5, 5.41) is 39.8. The van der Waals surface area contributed by atoms with Crippen LogP contribution in [0.3, 0.4) is 0 Å². The van der Waals surface area contributed by atoms with Gasteiger partial charge in [0.25, 0.3) is 0 Å². The van der Waals surface area contributed by atoms with Crippen molar-refractivity contribution in [3.8, 4) is 0 Å². The summed E-state index contributed by atoms with van der Waals surface area (Å²) in [7, 11) is -5.68. The van der Waals surface area contributed by atoms with Crippen molar-refractivity contribution < 1.29 is 58.4 Å². The van der Waals surface area contributed by atoms with Crippen molar-refractivity contribution in [1.82, 2.24) is 0 Å². The Morgan fingerprint density at radius 2 is 1.86 bits per heavy atom. The summed E-state index contributed by atoms with van der Waals surface area (Å²) in [6, 6.07) is 5.17. The fourth-order valence-electron chi connectivity index (χ4n) is 2.47. The number of nitrogens with one attached hydrogen (secondary N) is 1. The van der Waals surface area contributed by atoms with Crippen LogP contribution in [0.5, 0.6) is 0 Å². The van der Waals surface area contributed by atoms with Crippen molar-refractivity contribution in [2.75, 3.05) is 11.9 Å². The number of aliphatic hydroxyl groups excluding tert-OH is 3. The summed E-state index contributed by atoms with van der Waals surface area (Å²) in [4.78, 5) is 45.0. The molecule has 13 nitrogen and oxygen atoms in total. The first-order valence-corrected chi connectivity index (χ1v) is 9.12. The third-order valence-electron chi connectivity index (χ3n) is 3.69. The van der Waals surface area contributed by atoms with Crippen molar-refractivity contribution in [2.24, 2.45) is 0 Å². The second-order valence-electron chi connectivity index (χ2n) is 5.60. The molecule has 1 aliphatic rings. The van der Waals surface area contributed by atoms with Crippen LogP contribution >= 0.6 is 7.82 Å². The first-order valence-electron chi connectivity index (χ1n) is 7.66. The van der Waals surface area contributed by atoms with Crippen LogP contribution in [0.1, 0.15) is 10.4 Å². The molecule has 0 radical (unpaired) electrons. The molecule has 1 fully saturated rings. The van der Waals surface area contributed by atoms with E-state index in [-0.39, 0.29) is 11.3 Å². The van der Waals surface area contributed by atoms with Crippen molar-refractivity contribution in [2.45, 2.75) is 30.7 Å². The van der Waals surface area contributed by atoms with Crippen LogP contribution in [0, 0.1) is 0 Å². The minimum Gasteiger partial charge on any atom is -0.790 e. The van der Waals surface area contributed by atoms with E-state index < -0.39 is 57.2 Å². The van der Waals surface area contributed by atoms with E-state index in [2.05, 4.69) is 4.52 Å². The molecule has 0 spiro atoms. The molecule has 1 heterocycles. The van der Waals surface area contributed by atoms with E-state index in [1.165, 1.54) is 24.3 Å². The molecule has 156 valence electrons. The van der Waals surface area contributed by atoms with Gasteiger partial charge in [0.15, 0.2) is 6.10 Å². The van der Waals surface area contributed by atoms with Crippen molar-refractivity contribution in [3.63, 3.8) is 0 Å². The van der Waals surface area contributed by atoms with Gasteiger partial charge in [-0.05, 0) is 12.1 Å². The lowest BCUT2D eigenvalue weighted by Crippen LogP contribution is -2.60. The molecule has 0 aromatic heterocycles. The minimum absolute atomic E-state index is 0.184. The third kappa shape index (κ3) is 5.47. The number of hydrogen-bond donors (Lipinski definition) is 5. The zero-order valence-electron chi connectivity index (χ0n) is 13.9. The Labute approximate surface area is 157 Å². The Balaban J connectivity index is 2.28. The molecular weight excluding hydrogens is 405 g/mol. The smallest absolute Gasteiger partial charge is 0.409 e. The molecule has 5 atom stereocenters. The Hall–Kier alpha value is -2.09. The van der Waals surface area contributed by atoms with Crippen LogP contribution in [0.4, 0.5) is 10.5 Å². The largest absolute Gasteiger partial charge is 0.790 e. The predicted molar refractivity (Wildman–Crippen MR) is 83.7 cm³/mol. The van der Waals surface area contributed by atoms with Crippen LogP contribution in [0.25, 0.3) is 0 Å². The number of hydrogen-bond acceptors (Lipinski definition) is 11. The number of aliphatic hydroxyl groups is 3. The second-order valence-corrected chi connectivity index (χ2v) is 6.71. The van der Waals surface area contributed by atoms with E-state index in [1.54, 1.807) is 0 Å². The van der Waals surface area contributed by atoms with Crippen LogP contribution in [0.15, 0.2) is 24.3 Å². The number of para-hydroxylation sites is 1. The highest BCUT2D eigenvalue weighted by Gasteiger charge is 2.47. The molecule has 0 saturated carbocycles. The van der Waals surface area contributed by atoms with E-state index in [1.807, 2.05) is 5.32 Å². The number of carboxylic acid groups (broad SMARTS) is 1. The maximum atomic E-state index is 12.4. The number of benzene rings is 1. The van der Waals surface area contributed by atoms with Crippen LogP contribution in [-0.4, -0.2) is 69.8 Å². The van der Waals surface area contributed by atoms with E-state index in [0.29, 0.717) is 0 Å². The van der Waals surface area contributed by atoms with Gasteiger partial charge < -0.3 is 48.8 Å². The summed E-state index contributed by atoms with van der Waals surface area (Å²) in [6.45, 7) is -0.869. The van der Waals surface area contributed by atoms with Gasteiger partial charge in [0.05, 0.1) is 25.7 Å². The number of carbonyl (C=O) groups excluding carboxylic acids is 1. The van der Waals surface area contributed by atoms with Crippen LogP contribution < -0.4 is 15.1 Å². The summed E-state index contributed by atoms with van der Waals surface area (Å²) in [5.41, 5.74) is -0.502.